The maximum Gasteiger partial charge on any atom is 0.231 e. The largest absolute Gasteiger partial charge is 0.497 e. The highest BCUT2D eigenvalue weighted by Crippen LogP contribution is 2.38. The molecule has 0 saturated heterocycles. The quantitative estimate of drug-likeness (QED) is 0.373. The van der Waals surface area contributed by atoms with Crippen molar-refractivity contribution in [3.8, 4) is 17.2 Å². The lowest BCUT2D eigenvalue weighted by molar-refractivity contribution is 0.174. The average molecular weight is 469 g/mol. The second-order valence-corrected chi connectivity index (χ2v) is 7.77. The molecule has 4 aromatic rings. The van der Waals surface area contributed by atoms with Crippen LogP contribution in [0, 0.1) is 5.82 Å². The number of hydrogen-bond donors (Lipinski definition) is 0. The van der Waals surface area contributed by atoms with E-state index in [1.807, 2.05) is 53.3 Å². The summed E-state index contributed by atoms with van der Waals surface area (Å²) in [5.41, 5.74) is 2.89. The van der Waals surface area contributed by atoms with Gasteiger partial charge in [-0.05, 0) is 66.2 Å². The normalized spacial score (nSPS) is 12.4. The van der Waals surface area contributed by atoms with Crippen molar-refractivity contribution < 1.29 is 18.6 Å². The van der Waals surface area contributed by atoms with E-state index in [2.05, 4.69) is 20.9 Å². The van der Waals surface area contributed by atoms with Crippen molar-refractivity contribution in [2.45, 2.75) is 6.54 Å². The molecule has 0 atom stereocenters. The van der Waals surface area contributed by atoms with Crippen molar-refractivity contribution in [1.82, 2.24) is 4.68 Å². The van der Waals surface area contributed by atoms with Gasteiger partial charge in [0.05, 0.1) is 24.9 Å². The van der Waals surface area contributed by atoms with Gasteiger partial charge in [-0.1, -0.05) is 15.9 Å². The van der Waals surface area contributed by atoms with Crippen molar-refractivity contribution in [3.05, 3.63) is 82.7 Å². The number of fused-ring (bicyclic) bond motifs is 2. The van der Waals surface area contributed by atoms with Gasteiger partial charge >= 0.3 is 0 Å². The number of halogens is 2. The Kier molecular flexibility index (Phi) is 4.75. The Labute approximate surface area is 181 Å². The number of hydrogen-bond acceptors (Lipinski definition) is 4. The number of nitrogens with zero attached hydrogens (tertiary/aromatic N) is 2. The van der Waals surface area contributed by atoms with Crippen LogP contribution in [-0.4, -0.2) is 18.6 Å². The van der Waals surface area contributed by atoms with Crippen molar-refractivity contribution in [2.75, 3.05) is 18.9 Å². The topological polar surface area (TPSA) is 35.9 Å². The smallest absolute Gasteiger partial charge is 0.231 e. The molecule has 2 heterocycles. The van der Waals surface area contributed by atoms with E-state index in [0.717, 1.165) is 43.9 Å². The summed E-state index contributed by atoms with van der Waals surface area (Å²) in [6, 6.07) is 18.4. The van der Waals surface area contributed by atoms with Crippen LogP contribution in [-0.2, 0) is 6.54 Å². The minimum absolute atomic E-state index is 0.223. The van der Waals surface area contributed by atoms with E-state index >= 15 is 0 Å². The number of rotatable bonds is 5. The van der Waals surface area contributed by atoms with Gasteiger partial charge in [0.25, 0.3) is 0 Å². The zero-order valence-electron chi connectivity index (χ0n) is 16.1. The lowest BCUT2D eigenvalue weighted by atomic mass is 10.2. The number of anilines is 1. The van der Waals surface area contributed by atoms with E-state index in [4.69, 9.17) is 14.2 Å². The number of aromatic nitrogens is 1. The van der Waals surface area contributed by atoms with Crippen LogP contribution in [0.1, 0.15) is 5.56 Å². The second kappa shape index (κ2) is 7.57. The Hall–Kier alpha value is -3.19. The molecule has 5 rings (SSSR count). The van der Waals surface area contributed by atoms with E-state index in [1.54, 1.807) is 13.2 Å². The lowest BCUT2D eigenvalue weighted by Gasteiger charge is -2.28. The molecule has 1 aliphatic rings. The first-order chi connectivity index (χ1) is 14.6. The van der Waals surface area contributed by atoms with Crippen LogP contribution in [0.4, 0.5) is 10.1 Å². The fraction of sp³-hybridized carbons (Fsp3) is 0.130. The summed E-state index contributed by atoms with van der Waals surface area (Å²) in [6.45, 7) is 0.770. The van der Waals surface area contributed by atoms with E-state index in [0.29, 0.717) is 6.54 Å². The van der Waals surface area contributed by atoms with Crippen LogP contribution in [0.3, 0.4) is 0 Å². The van der Waals surface area contributed by atoms with E-state index in [-0.39, 0.29) is 12.6 Å². The Morgan fingerprint density at radius 2 is 1.80 bits per heavy atom. The third-order valence-electron chi connectivity index (χ3n) is 5.12. The standard InChI is InChI=1S/C23H18BrFN2O3/c1-28-19-5-3-18(4-6-19)27(26-9-8-15-10-17(25)2-7-21(15)26)13-16-11-22-23(12-20(16)24)30-14-29-22/h2-12H,13-14H2,1H3. The van der Waals surface area contributed by atoms with Gasteiger partial charge in [-0.3, -0.25) is 9.69 Å². The first-order valence-electron chi connectivity index (χ1n) is 9.39. The first-order valence-corrected chi connectivity index (χ1v) is 10.2. The van der Waals surface area contributed by atoms with Crippen molar-refractivity contribution in [1.29, 1.82) is 0 Å². The minimum Gasteiger partial charge on any atom is -0.497 e. The molecule has 0 fully saturated rings. The Morgan fingerprint density at radius 1 is 1.03 bits per heavy atom. The van der Waals surface area contributed by atoms with Crippen molar-refractivity contribution in [3.63, 3.8) is 0 Å². The van der Waals surface area contributed by atoms with Crippen LogP contribution >= 0.6 is 15.9 Å². The molecule has 0 radical (unpaired) electrons. The Bertz CT molecular complexity index is 1220. The van der Waals surface area contributed by atoms with Gasteiger partial charge in [-0.15, -0.1) is 0 Å². The zero-order chi connectivity index (χ0) is 20.7. The summed E-state index contributed by atoms with van der Waals surface area (Å²) in [7, 11) is 1.64. The van der Waals surface area contributed by atoms with Crippen LogP contribution in [0.15, 0.2) is 71.3 Å². The first kappa shape index (κ1) is 18.8. The average Bonchev–Trinajstić information content (AvgIpc) is 3.38. The summed E-state index contributed by atoms with van der Waals surface area (Å²) in [4.78, 5) is 0. The molecule has 7 heteroatoms. The highest BCUT2D eigenvalue weighted by atomic mass is 79.9. The third-order valence-corrected chi connectivity index (χ3v) is 5.86. The van der Waals surface area contributed by atoms with Gasteiger partial charge in [0.15, 0.2) is 11.5 Å². The predicted octanol–water partition coefficient (Wildman–Crippen LogP) is 5.75. The fourth-order valence-electron chi connectivity index (χ4n) is 3.60. The molecule has 0 unspecified atom stereocenters. The number of benzene rings is 3. The molecule has 3 aromatic carbocycles. The summed E-state index contributed by atoms with van der Waals surface area (Å²) >= 11 is 3.66. The molecule has 5 nitrogen and oxygen atoms in total. The summed E-state index contributed by atoms with van der Waals surface area (Å²) in [5.74, 6) is 1.97. The molecule has 0 saturated carbocycles. The Morgan fingerprint density at radius 3 is 2.57 bits per heavy atom. The lowest BCUT2D eigenvalue weighted by Crippen LogP contribution is -2.28. The molecule has 152 valence electrons. The maximum atomic E-state index is 13.7. The van der Waals surface area contributed by atoms with Crippen LogP contribution in [0.5, 0.6) is 17.2 Å². The molecular weight excluding hydrogens is 451 g/mol. The third kappa shape index (κ3) is 3.35. The molecule has 0 bridgehead atoms. The van der Waals surface area contributed by atoms with Crippen LogP contribution in [0.25, 0.3) is 10.9 Å². The molecule has 0 N–H and O–H groups in total. The monoisotopic (exact) mass is 468 g/mol. The van der Waals surface area contributed by atoms with E-state index < -0.39 is 0 Å². The van der Waals surface area contributed by atoms with E-state index in [9.17, 15) is 4.39 Å². The Balaban J connectivity index is 1.61. The summed E-state index contributed by atoms with van der Waals surface area (Å²) in [6.07, 6.45) is 1.94. The highest BCUT2D eigenvalue weighted by molar-refractivity contribution is 9.10. The zero-order valence-corrected chi connectivity index (χ0v) is 17.7. The maximum absolute atomic E-state index is 13.7. The minimum atomic E-state index is -0.255. The van der Waals surface area contributed by atoms with Crippen molar-refractivity contribution >= 4 is 32.5 Å². The van der Waals surface area contributed by atoms with Gasteiger partial charge in [0, 0.05) is 16.1 Å². The van der Waals surface area contributed by atoms with Crippen LogP contribution < -0.4 is 19.2 Å². The molecule has 0 aliphatic carbocycles. The molecular formula is C23H18BrFN2O3. The van der Waals surface area contributed by atoms with E-state index in [1.165, 1.54) is 12.1 Å². The molecule has 0 amide bonds. The molecule has 1 aliphatic heterocycles. The van der Waals surface area contributed by atoms with Gasteiger partial charge in [-0.25, -0.2) is 4.39 Å². The fourth-order valence-corrected chi connectivity index (χ4v) is 4.04. The van der Waals surface area contributed by atoms with Crippen LogP contribution in [0.2, 0.25) is 0 Å². The van der Waals surface area contributed by atoms with Gasteiger partial charge in [0.1, 0.15) is 11.6 Å². The van der Waals surface area contributed by atoms with Gasteiger partial charge in [-0.2, -0.15) is 0 Å². The molecule has 1 aromatic heterocycles. The molecule has 30 heavy (non-hydrogen) atoms. The highest BCUT2D eigenvalue weighted by Gasteiger charge is 2.20. The summed E-state index contributed by atoms with van der Waals surface area (Å²) < 4.78 is 33.0. The molecule has 0 spiro atoms. The predicted molar refractivity (Wildman–Crippen MR) is 117 cm³/mol. The SMILES string of the molecule is COc1ccc(N(Cc2cc3c(cc2Br)OCO3)n2ccc3cc(F)ccc32)cc1. The van der Waals surface area contributed by atoms with Gasteiger partial charge in [0.2, 0.25) is 6.79 Å². The summed E-state index contributed by atoms with van der Waals surface area (Å²) in [5, 5.41) is 2.94. The van der Waals surface area contributed by atoms with Gasteiger partial charge < -0.3 is 14.2 Å². The second-order valence-electron chi connectivity index (χ2n) is 6.92. The number of ether oxygens (including phenoxy) is 3. The number of methoxy groups -OCH3 is 1. The van der Waals surface area contributed by atoms with Crippen molar-refractivity contribution in [2.24, 2.45) is 0 Å².